The van der Waals surface area contributed by atoms with Crippen molar-refractivity contribution in [1.29, 1.82) is 0 Å². The highest BCUT2D eigenvalue weighted by Gasteiger charge is 2.24. The third-order valence-electron chi connectivity index (χ3n) is 6.08. The van der Waals surface area contributed by atoms with E-state index in [0.717, 1.165) is 42.7 Å². The van der Waals surface area contributed by atoms with Crippen LogP contribution < -0.4 is 10.0 Å². The van der Waals surface area contributed by atoms with Crippen molar-refractivity contribution in [1.82, 2.24) is 19.5 Å². The Balaban J connectivity index is 1.63. The fourth-order valence-electron chi connectivity index (χ4n) is 4.52. The average Bonchev–Trinajstić information content (AvgIpc) is 3.21. The van der Waals surface area contributed by atoms with Gasteiger partial charge in [-0.3, -0.25) is 9.29 Å². The van der Waals surface area contributed by atoms with E-state index >= 15 is 0 Å². The number of hydrogen-bond donors (Lipinski definition) is 2. The zero-order valence-electron chi connectivity index (χ0n) is 20.6. The van der Waals surface area contributed by atoms with Crippen LogP contribution in [0.25, 0.3) is 16.0 Å². The Hall–Kier alpha value is -4.01. The highest BCUT2D eigenvalue weighted by Crippen LogP contribution is 2.34. The normalized spacial score (nSPS) is 15.9. The summed E-state index contributed by atoms with van der Waals surface area (Å²) in [4.78, 5) is 17.6. The number of sulfonamides is 1. The standard InChI is InChI=1S/C26H27N7O3S/c1-17-28-25-22(31-20-10-4-5-11-21(20)32-37(3,34)35)16-19(15-18-9-8-12-23(27-2)29-18)30-26(25)33(17)24-13-6-7-14-36-24/h4-5,8-12,16,24,32H,6-7,13-15H2,1,3H3,(H,30,31). The SMILES string of the molecule is [C-]#[N+]c1cccc(Cc2cc(Nc3ccccc3NS(C)(=O)=O)c3nc(C)n(C4CCCCO4)c3n2)n1. The van der Waals surface area contributed by atoms with Crippen LogP contribution in [-0.2, 0) is 21.2 Å². The zero-order valence-corrected chi connectivity index (χ0v) is 21.4. The summed E-state index contributed by atoms with van der Waals surface area (Å²) in [6.07, 6.45) is 4.33. The lowest BCUT2D eigenvalue weighted by Crippen LogP contribution is -2.19. The van der Waals surface area contributed by atoms with Crippen molar-refractivity contribution in [2.24, 2.45) is 0 Å². The Kier molecular flexibility index (Phi) is 6.78. The highest BCUT2D eigenvalue weighted by molar-refractivity contribution is 7.92. The van der Waals surface area contributed by atoms with Gasteiger partial charge in [-0.1, -0.05) is 24.8 Å². The fourth-order valence-corrected chi connectivity index (χ4v) is 5.10. The van der Waals surface area contributed by atoms with E-state index in [2.05, 4.69) is 19.9 Å². The Morgan fingerprint density at radius 1 is 1.05 bits per heavy atom. The molecule has 4 heterocycles. The minimum atomic E-state index is -3.48. The Morgan fingerprint density at radius 3 is 2.59 bits per heavy atom. The molecule has 0 bridgehead atoms. The lowest BCUT2D eigenvalue weighted by atomic mass is 10.1. The molecule has 4 aromatic rings. The molecule has 1 unspecified atom stereocenters. The van der Waals surface area contributed by atoms with Crippen molar-refractivity contribution in [3.63, 3.8) is 0 Å². The first-order valence-electron chi connectivity index (χ1n) is 12.0. The smallest absolute Gasteiger partial charge is 0.269 e. The first-order valence-corrected chi connectivity index (χ1v) is 13.9. The number of rotatable bonds is 7. The molecule has 0 saturated carbocycles. The molecule has 1 aromatic carbocycles. The number of imidazole rings is 1. The molecule has 37 heavy (non-hydrogen) atoms. The van der Waals surface area contributed by atoms with E-state index in [0.29, 0.717) is 47.1 Å². The van der Waals surface area contributed by atoms with Crippen LogP contribution in [0.4, 0.5) is 22.9 Å². The quantitative estimate of drug-likeness (QED) is 0.328. The van der Waals surface area contributed by atoms with E-state index in [9.17, 15) is 8.42 Å². The Labute approximate surface area is 215 Å². The summed E-state index contributed by atoms with van der Waals surface area (Å²) in [7, 11) is -3.48. The first-order chi connectivity index (χ1) is 17.8. The van der Waals surface area contributed by atoms with Gasteiger partial charge in [0.15, 0.2) is 5.65 Å². The molecule has 2 N–H and O–H groups in total. The van der Waals surface area contributed by atoms with Gasteiger partial charge in [0, 0.05) is 6.61 Å². The van der Waals surface area contributed by atoms with Gasteiger partial charge in [-0.15, -0.1) is 4.98 Å². The van der Waals surface area contributed by atoms with Gasteiger partial charge in [0.05, 0.1) is 35.4 Å². The van der Waals surface area contributed by atoms with Crippen molar-refractivity contribution >= 4 is 44.1 Å². The summed E-state index contributed by atoms with van der Waals surface area (Å²) in [6, 6.07) is 14.3. The summed E-state index contributed by atoms with van der Waals surface area (Å²) in [5.41, 5.74) is 4.49. The molecule has 5 rings (SSSR count). The molecule has 11 heteroatoms. The van der Waals surface area contributed by atoms with Crippen molar-refractivity contribution in [2.45, 2.75) is 38.8 Å². The van der Waals surface area contributed by atoms with Crippen molar-refractivity contribution in [3.05, 3.63) is 77.2 Å². The summed E-state index contributed by atoms with van der Waals surface area (Å²) in [5.74, 6) is 1.11. The molecule has 0 aliphatic carbocycles. The topological polar surface area (TPSA) is 115 Å². The molecular formula is C26H27N7O3S. The number of benzene rings is 1. The number of aromatic nitrogens is 4. The van der Waals surface area contributed by atoms with Crippen LogP contribution in [0, 0.1) is 13.5 Å². The predicted molar refractivity (Wildman–Crippen MR) is 143 cm³/mol. The average molecular weight is 518 g/mol. The number of hydrogen-bond acceptors (Lipinski definition) is 7. The summed E-state index contributed by atoms with van der Waals surface area (Å²) in [6.45, 7) is 9.90. The summed E-state index contributed by atoms with van der Waals surface area (Å²) < 4.78 is 34.6. The van der Waals surface area contributed by atoms with Crippen molar-refractivity contribution in [2.75, 3.05) is 22.9 Å². The number of nitrogens with zero attached hydrogens (tertiary/aromatic N) is 5. The highest BCUT2D eigenvalue weighted by atomic mass is 32.2. The zero-order chi connectivity index (χ0) is 26.0. The second-order valence-electron chi connectivity index (χ2n) is 9.00. The molecule has 0 radical (unpaired) electrons. The molecule has 1 atom stereocenters. The van der Waals surface area contributed by atoms with Crippen LogP contribution in [0.5, 0.6) is 0 Å². The van der Waals surface area contributed by atoms with Crippen molar-refractivity contribution < 1.29 is 13.2 Å². The Bertz CT molecular complexity index is 1600. The van der Waals surface area contributed by atoms with Gasteiger partial charge >= 0.3 is 0 Å². The molecule has 1 fully saturated rings. The molecule has 0 amide bonds. The van der Waals surface area contributed by atoms with Crippen LogP contribution in [0.15, 0.2) is 48.5 Å². The van der Waals surface area contributed by atoms with Gasteiger partial charge < -0.3 is 14.9 Å². The van der Waals surface area contributed by atoms with Crippen LogP contribution in [0.2, 0.25) is 0 Å². The molecule has 1 saturated heterocycles. The lowest BCUT2D eigenvalue weighted by molar-refractivity contribution is -0.0309. The van der Waals surface area contributed by atoms with E-state index in [4.69, 9.17) is 21.3 Å². The van der Waals surface area contributed by atoms with Gasteiger partial charge in [0.25, 0.3) is 5.82 Å². The number of anilines is 3. The minimum absolute atomic E-state index is 0.155. The van der Waals surface area contributed by atoms with E-state index in [1.807, 2.05) is 35.8 Å². The summed E-state index contributed by atoms with van der Waals surface area (Å²) >= 11 is 0. The van der Waals surface area contributed by atoms with Gasteiger partial charge in [0.1, 0.15) is 23.3 Å². The monoisotopic (exact) mass is 517 g/mol. The molecule has 3 aromatic heterocycles. The third kappa shape index (κ3) is 5.55. The maximum Gasteiger partial charge on any atom is 0.269 e. The van der Waals surface area contributed by atoms with E-state index in [-0.39, 0.29) is 6.23 Å². The molecule has 1 aliphatic heterocycles. The van der Waals surface area contributed by atoms with Gasteiger partial charge in [0.2, 0.25) is 10.0 Å². The summed E-state index contributed by atoms with van der Waals surface area (Å²) in [5, 5.41) is 3.38. The molecule has 0 spiro atoms. The lowest BCUT2D eigenvalue weighted by Gasteiger charge is -2.25. The molecular weight excluding hydrogens is 490 g/mol. The fraction of sp³-hybridized carbons (Fsp3) is 0.308. The largest absolute Gasteiger partial charge is 0.361 e. The van der Waals surface area contributed by atoms with Gasteiger partial charge in [-0.2, -0.15) is 0 Å². The Morgan fingerprint density at radius 2 is 1.86 bits per heavy atom. The van der Waals surface area contributed by atoms with E-state index in [1.54, 1.807) is 24.3 Å². The number of aryl methyl sites for hydroxylation is 1. The second kappa shape index (κ2) is 10.2. The number of pyridine rings is 2. The maximum atomic E-state index is 11.9. The number of para-hydroxylation sites is 2. The molecule has 1 aliphatic rings. The van der Waals surface area contributed by atoms with Crippen molar-refractivity contribution in [3.8, 4) is 0 Å². The first kappa shape index (κ1) is 24.7. The van der Waals surface area contributed by atoms with Crippen LogP contribution in [0.1, 0.15) is 42.7 Å². The van der Waals surface area contributed by atoms with E-state index < -0.39 is 10.0 Å². The molecule has 10 nitrogen and oxygen atoms in total. The second-order valence-corrected chi connectivity index (χ2v) is 10.8. The maximum absolute atomic E-state index is 11.9. The number of fused-ring (bicyclic) bond motifs is 1. The van der Waals surface area contributed by atoms with E-state index in [1.165, 1.54) is 0 Å². The number of nitrogens with one attached hydrogen (secondary N) is 2. The number of ether oxygens (including phenoxy) is 1. The third-order valence-corrected chi connectivity index (χ3v) is 6.67. The van der Waals surface area contributed by atoms with Crippen LogP contribution >= 0.6 is 0 Å². The molecule has 190 valence electrons. The van der Waals surface area contributed by atoms with Crippen LogP contribution in [-0.4, -0.2) is 40.8 Å². The van der Waals surface area contributed by atoms with Gasteiger partial charge in [-0.25, -0.2) is 18.4 Å². The van der Waals surface area contributed by atoms with Crippen LogP contribution in [0.3, 0.4) is 0 Å². The van der Waals surface area contributed by atoms with Gasteiger partial charge in [-0.05, 0) is 56.5 Å². The minimum Gasteiger partial charge on any atom is -0.361 e. The predicted octanol–water partition coefficient (Wildman–Crippen LogP) is 5.09.